The van der Waals surface area contributed by atoms with Gasteiger partial charge in [-0.1, -0.05) is 36.4 Å². The van der Waals surface area contributed by atoms with Gasteiger partial charge in [-0.05, 0) is 30.3 Å². The molecule has 0 aliphatic heterocycles. The van der Waals surface area contributed by atoms with E-state index in [2.05, 4.69) is 4.99 Å². The molecular formula is C27H22F2N2O3. The van der Waals surface area contributed by atoms with Crippen LogP contribution in [-0.2, 0) is 13.1 Å². The van der Waals surface area contributed by atoms with Gasteiger partial charge < -0.3 is 14.4 Å². The summed E-state index contributed by atoms with van der Waals surface area (Å²) in [4.78, 5) is 17.1. The van der Waals surface area contributed by atoms with Crippen LogP contribution in [0.25, 0.3) is 0 Å². The second-order valence-corrected chi connectivity index (χ2v) is 7.61. The van der Waals surface area contributed by atoms with Crippen LogP contribution in [-0.4, -0.2) is 22.5 Å². The molecule has 0 radical (unpaired) electrons. The fourth-order valence-electron chi connectivity index (χ4n) is 3.57. The Hall–Kier alpha value is -4.26. The monoisotopic (exact) mass is 460 g/mol. The Kier molecular flexibility index (Phi) is 6.82. The molecule has 4 aromatic rings. The van der Waals surface area contributed by atoms with Crippen molar-refractivity contribution in [2.75, 3.05) is 7.11 Å². The van der Waals surface area contributed by atoms with E-state index in [1.807, 2.05) is 0 Å². The van der Waals surface area contributed by atoms with E-state index in [-0.39, 0.29) is 24.4 Å². The molecule has 0 fully saturated rings. The summed E-state index contributed by atoms with van der Waals surface area (Å²) in [5.41, 5.74) is 1.66. The average Bonchev–Trinajstić information content (AvgIpc) is 2.84. The Morgan fingerprint density at radius 2 is 1.62 bits per heavy atom. The number of aromatic hydroxyl groups is 1. The van der Waals surface area contributed by atoms with Gasteiger partial charge in [0.25, 0.3) is 5.56 Å². The van der Waals surface area contributed by atoms with Gasteiger partial charge in [-0.25, -0.2) is 8.78 Å². The summed E-state index contributed by atoms with van der Waals surface area (Å²) in [5, 5.41) is 10.6. The maximum atomic E-state index is 14.2. The molecule has 0 bridgehead atoms. The third-order valence-corrected chi connectivity index (χ3v) is 5.38. The topological polar surface area (TPSA) is 63.8 Å². The number of methoxy groups -OCH3 is 1. The molecule has 3 aromatic carbocycles. The van der Waals surface area contributed by atoms with Crippen molar-refractivity contribution in [2.45, 2.75) is 13.1 Å². The van der Waals surface area contributed by atoms with Gasteiger partial charge in [-0.15, -0.1) is 0 Å². The van der Waals surface area contributed by atoms with E-state index in [0.717, 1.165) is 0 Å². The molecule has 172 valence electrons. The summed E-state index contributed by atoms with van der Waals surface area (Å²) in [6.45, 7) is 0.0362. The molecule has 34 heavy (non-hydrogen) atoms. The van der Waals surface area contributed by atoms with Gasteiger partial charge in [0.05, 0.1) is 25.9 Å². The second-order valence-electron chi connectivity index (χ2n) is 7.61. The Bertz CT molecular complexity index is 1410. The first kappa shape index (κ1) is 22.9. The van der Waals surface area contributed by atoms with Gasteiger partial charge in [0.15, 0.2) is 0 Å². The number of aliphatic imine (C=N–C) groups is 1. The standard InChI is InChI=1S/C27H22F2N2O3/c1-34-21-11-12-22(25(32)14-21)27(30-15-18-6-2-4-8-23(18)28)20-10-13-26(33)31(17-20)16-19-7-3-5-9-24(19)29/h2-14,17,32H,15-16H2,1H3. The highest BCUT2D eigenvalue weighted by molar-refractivity contribution is 6.14. The molecule has 0 aliphatic carbocycles. The number of aromatic nitrogens is 1. The normalized spacial score (nSPS) is 11.4. The number of hydrogen-bond donors (Lipinski definition) is 1. The van der Waals surface area contributed by atoms with Gasteiger partial charge in [0, 0.05) is 40.6 Å². The molecule has 0 aliphatic rings. The minimum absolute atomic E-state index is 0.0138. The van der Waals surface area contributed by atoms with Crippen molar-refractivity contribution in [3.8, 4) is 11.5 Å². The first-order valence-electron chi connectivity index (χ1n) is 10.6. The molecule has 0 unspecified atom stereocenters. The van der Waals surface area contributed by atoms with Gasteiger partial charge >= 0.3 is 0 Å². The summed E-state index contributed by atoms with van der Waals surface area (Å²) in [5.74, 6) is -0.437. The lowest BCUT2D eigenvalue weighted by Gasteiger charge is -2.14. The number of benzene rings is 3. The van der Waals surface area contributed by atoms with Crippen LogP contribution in [0.2, 0.25) is 0 Å². The van der Waals surface area contributed by atoms with Crippen LogP contribution in [0.3, 0.4) is 0 Å². The Balaban J connectivity index is 1.80. The molecule has 1 heterocycles. The zero-order chi connectivity index (χ0) is 24.1. The predicted molar refractivity (Wildman–Crippen MR) is 127 cm³/mol. The molecular weight excluding hydrogens is 438 g/mol. The quantitative estimate of drug-likeness (QED) is 0.398. The van der Waals surface area contributed by atoms with Crippen LogP contribution in [0, 0.1) is 11.6 Å². The van der Waals surface area contributed by atoms with Crippen molar-refractivity contribution < 1.29 is 18.6 Å². The molecule has 1 aromatic heterocycles. The lowest BCUT2D eigenvalue weighted by molar-refractivity contribution is 0.407. The lowest BCUT2D eigenvalue weighted by atomic mass is 10.0. The second kappa shape index (κ2) is 10.1. The third kappa shape index (κ3) is 5.04. The zero-order valence-corrected chi connectivity index (χ0v) is 18.4. The van der Waals surface area contributed by atoms with Crippen LogP contribution in [0.5, 0.6) is 11.5 Å². The van der Waals surface area contributed by atoms with Crippen LogP contribution in [0.15, 0.2) is 94.8 Å². The number of phenolic OH excluding ortho intramolecular Hbond substituents is 1. The number of rotatable bonds is 7. The molecule has 0 saturated carbocycles. The predicted octanol–water partition coefficient (Wildman–Crippen LogP) is 4.93. The molecule has 0 amide bonds. The smallest absolute Gasteiger partial charge is 0.250 e. The van der Waals surface area contributed by atoms with Gasteiger partial charge in [-0.2, -0.15) is 0 Å². The van der Waals surface area contributed by atoms with E-state index in [1.54, 1.807) is 60.8 Å². The van der Waals surface area contributed by atoms with Crippen LogP contribution >= 0.6 is 0 Å². The van der Waals surface area contributed by atoms with Crippen LogP contribution in [0.4, 0.5) is 8.78 Å². The van der Waals surface area contributed by atoms with E-state index in [0.29, 0.717) is 33.7 Å². The van der Waals surface area contributed by atoms with Crippen LogP contribution in [0.1, 0.15) is 22.3 Å². The molecule has 5 nitrogen and oxygen atoms in total. The van der Waals surface area contributed by atoms with Crippen molar-refractivity contribution in [1.82, 2.24) is 4.57 Å². The maximum absolute atomic E-state index is 14.2. The van der Waals surface area contributed by atoms with Crippen LogP contribution < -0.4 is 10.3 Å². The highest BCUT2D eigenvalue weighted by Gasteiger charge is 2.15. The highest BCUT2D eigenvalue weighted by atomic mass is 19.1. The fourth-order valence-corrected chi connectivity index (χ4v) is 3.57. The van der Waals surface area contributed by atoms with E-state index < -0.39 is 11.6 Å². The molecule has 0 atom stereocenters. The molecule has 7 heteroatoms. The zero-order valence-electron chi connectivity index (χ0n) is 18.4. The number of nitrogens with zero attached hydrogens (tertiary/aromatic N) is 2. The number of ether oxygens (including phenoxy) is 1. The summed E-state index contributed by atoms with van der Waals surface area (Å²) in [6, 6.07) is 20.2. The summed E-state index contributed by atoms with van der Waals surface area (Å²) >= 11 is 0. The van der Waals surface area contributed by atoms with E-state index in [1.165, 1.54) is 35.9 Å². The number of pyridine rings is 1. The summed E-state index contributed by atoms with van der Waals surface area (Å²) < 4.78 is 34.9. The van der Waals surface area contributed by atoms with E-state index >= 15 is 0 Å². The number of hydrogen-bond acceptors (Lipinski definition) is 4. The summed E-state index contributed by atoms with van der Waals surface area (Å²) in [7, 11) is 1.49. The minimum Gasteiger partial charge on any atom is -0.507 e. The van der Waals surface area contributed by atoms with Gasteiger partial charge in [0.2, 0.25) is 0 Å². The highest BCUT2D eigenvalue weighted by Crippen LogP contribution is 2.26. The molecule has 0 saturated heterocycles. The Morgan fingerprint density at radius 1 is 0.941 bits per heavy atom. The van der Waals surface area contributed by atoms with E-state index in [4.69, 9.17) is 4.74 Å². The van der Waals surface area contributed by atoms with Crippen molar-refractivity contribution in [1.29, 1.82) is 0 Å². The first-order chi connectivity index (χ1) is 16.5. The molecule has 1 N–H and O–H groups in total. The average molecular weight is 460 g/mol. The Labute approximate surface area is 195 Å². The maximum Gasteiger partial charge on any atom is 0.250 e. The summed E-state index contributed by atoms with van der Waals surface area (Å²) in [6.07, 6.45) is 1.55. The van der Waals surface area contributed by atoms with Crippen molar-refractivity contribution in [3.63, 3.8) is 0 Å². The Morgan fingerprint density at radius 3 is 2.26 bits per heavy atom. The number of phenols is 1. The van der Waals surface area contributed by atoms with Gasteiger partial charge in [-0.3, -0.25) is 9.79 Å². The largest absolute Gasteiger partial charge is 0.507 e. The van der Waals surface area contributed by atoms with Gasteiger partial charge in [0.1, 0.15) is 23.1 Å². The third-order valence-electron chi connectivity index (χ3n) is 5.38. The molecule has 0 spiro atoms. The van der Waals surface area contributed by atoms with Crippen molar-refractivity contribution >= 4 is 5.71 Å². The van der Waals surface area contributed by atoms with Crippen molar-refractivity contribution in [3.05, 3.63) is 129 Å². The first-order valence-corrected chi connectivity index (χ1v) is 10.6. The fraction of sp³-hybridized carbons (Fsp3) is 0.111. The molecule has 4 rings (SSSR count). The SMILES string of the molecule is COc1ccc(C(=NCc2ccccc2F)c2ccc(=O)n(Cc3ccccc3F)c2)c(O)c1. The minimum atomic E-state index is -0.416. The lowest BCUT2D eigenvalue weighted by Crippen LogP contribution is -2.21. The van der Waals surface area contributed by atoms with E-state index in [9.17, 15) is 18.7 Å². The number of halogens is 2. The van der Waals surface area contributed by atoms with Crippen molar-refractivity contribution in [2.24, 2.45) is 4.99 Å².